The van der Waals surface area contributed by atoms with Gasteiger partial charge in [0.15, 0.2) is 0 Å². The first-order chi connectivity index (χ1) is 11.4. The van der Waals surface area contributed by atoms with E-state index in [2.05, 4.69) is 13.8 Å². The van der Waals surface area contributed by atoms with Gasteiger partial charge in [-0.1, -0.05) is 31.5 Å². The predicted octanol–water partition coefficient (Wildman–Crippen LogP) is 3.96. The summed E-state index contributed by atoms with van der Waals surface area (Å²) in [5.41, 5.74) is 2.79. The second-order valence-corrected chi connectivity index (χ2v) is 7.05. The van der Waals surface area contributed by atoms with E-state index in [1.54, 1.807) is 4.90 Å². The van der Waals surface area contributed by atoms with Gasteiger partial charge < -0.3 is 9.80 Å². The molecule has 1 unspecified atom stereocenters. The number of hydrogen-bond acceptors (Lipinski definition) is 2. The molecule has 1 aromatic carbocycles. The molecule has 24 heavy (non-hydrogen) atoms. The first-order valence-electron chi connectivity index (χ1n) is 8.74. The van der Waals surface area contributed by atoms with Gasteiger partial charge in [0.25, 0.3) is 0 Å². The normalized spacial score (nSPS) is 17.5. The molecule has 5 heteroatoms. The number of carbonyl (C=O) groups is 2. The molecular formula is C19H27ClN2O2. The highest BCUT2D eigenvalue weighted by Gasteiger charge is 2.38. The van der Waals surface area contributed by atoms with Crippen LogP contribution in [0.15, 0.2) is 12.1 Å². The van der Waals surface area contributed by atoms with Crippen molar-refractivity contribution in [3.8, 4) is 0 Å². The number of benzene rings is 1. The van der Waals surface area contributed by atoms with Gasteiger partial charge >= 0.3 is 0 Å². The number of anilines is 1. The Morgan fingerprint density at radius 1 is 1.25 bits per heavy atom. The van der Waals surface area contributed by atoms with Crippen LogP contribution in [0.5, 0.6) is 0 Å². The van der Waals surface area contributed by atoms with Crippen LogP contribution in [-0.2, 0) is 9.59 Å². The SMILES string of the molecule is CCCN(CCC)C(=O)C1CC(=O)N(c2c(C)cc(C)cc2Cl)C1. The van der Waals surface area contributed by atoms with E-state index in [0.717, 1.165) is 42.7 Å². The molecule has 1 saturated heterocycles. The highest BCUT2D eigenvalue weighted by molar-refractivity contribution is 6.34. The molecule has 132 valence electrons. The summed E-state index contributed by atoms with van der Waals surface area (Å²) in [6, 6.07) is 3.89. The largest absolute Gasteiger partial charge is 0.342 e. The van der Waals surface area contributed by atoms with E-state index in [1.165, 1.54) is 0 Å². The van der Waals surface area contributed by atoms with Gasteiger partial charge in [-0.05, 0) is 43.9 Å². The Bertz CT molecular complexity index is 601. The van der Waals surface area contributed by atoms with Gasteiger partial charge in [-0.15, -0.1) is 0 Å². The van der Waals surface area contributed by atoms with Crippen molar-refractivity contribution in [1.82, 2.24) is 4.90 Å². The van der Waals surface area contributed by atoms with Crippen LogP contribution in [0.25, 0.3) is 0 Å². The van der Waals surface area contributed by atoms with Gasteiger partial charge in [0, 0.05) is 26.1 Å². The van der Waals surface area contributed by atoms with Crippen LogP contribution < -0.4 is 4.90 Å². The van der Waals surface area contributed by atoms with E-state index >= 15 is 0 Å². The Morgan fingerprint density at radius 3 is 2.42 bits per heavy atom. The van der Waals surface area contributed by atoms with Gasteiger partial charge in [-0.25, -0.2) is 0 Å². The molecule has 0 radical (unpaired) electrons. The summed E-state index contributed by atoms with van der Waals surface area (Å²) in [6.07, 6.45) is 2.13. The minimum Gasteiger partial charge on any atom is -0.342 e. The highest BCUT2D eigenvalue weighted by atomic mass is 35.5. The van der Waals surface area contributed by atoms with Crippen LogP contribution in [0.4, 0.5) is 5.69 Å². The van der Waals surface area contributed by atoms with Gasteiger partial charge in [0.2, 0.25) is 11.8 Å². The molecule has 2 rings (SSSR count). The summed E-state index contributed by atoms with van der Waals surface area (Å²) in [6.45, 7) is 9.99. The lowest BCUT2D eigenvalue weighted by Gasteiger charge is -2.25. The van der Waals surface area contributed by atoms with Crippen molar-refractivity contribution in [3.63, 3.8) is 0 Å². The molecule has 0 spiro atoms. The highest BCUT2D eigenvalue weighted by Crippen LogP contribution is 2.35. The monoisotopic (exact) mass is 350 g/mol. The summed E-state index contributed by atoms with van der Waals surface area (Å²) in [5, 5.41) is 0.577. The van der Waals surface area contributed by atoms with Crippen LogP contribution in [0, 0.1) is 19.8 Å². The average Bonchev–Trinajstić information content (AvgIpc) is 2.87. The van der Waals surface area contributed by atoms with Crippen LogP contribution >= 0.6 is 11.6 Å². The number of nitrogens with zero attached hydrogens (tertiary/aromatic N) is 2. The maximum Gasteiger partial charge on any atom is 0.228 e. The molecule has 1 aliphatic rings. The molecule has 2 amide bonds. The number of halogens is 1. The molecule has 1 aliphatic heterocycles. The molecule has 4 nitrogen and oxygen atoms in total. The van der Waals surface area contributed by atoms with E-state index in [1.807, 2.05) is 30.9 Å². The molecule has 1 heterocycles. The lowest BCUT2D eigenvalue weighted by molar-refractivity contribution is -0.135. The summed E-state index contributed by atoms with van der Waals surface area (Å²) < 4.78 is 0. The zero-order chi connectivity index (χ0) is 17.9. The van der Waals surface area contributed by atoms with Gasteiger partial charge in [-0.2, -0.15) is 0 Å². The molecule has 1 atom stereocenters. The zero-order valence-electron chi connectivity index (χ0n) is 15.1. The Labute approximate surface area is 149 Å². The maximum atomic E-state index is 12.8. The van der Waals surface area contributed by atoms with E-state index in [9.17, 15) is 9.59 Å². The molecule has 1 aromatic rings. The van der Waals surface area contributed by atoms with Crippen LogP contribution in [0.3, 0.4) is 0 Å². The lowest BCUT2D eigenvalue weighted by atomic mass is 10.1. The zero-order valence-corrected chi connectivity index (χ0v) is 15.8. The lowest BCUT2D eigenvalue weighted by Crippen LogP contribution is -2.38. The van der Waals surface area contributed by atoms with Crippen molar-refractivity contribution in [2.75, 3.05) is 24.5 Å². The summed E-state index contributed by atoms with van der Waals surface area (Å²) in [7, 11) is 0. The van der Waals surface area contributed by atoms with Crippen molar-refractivity contribution < 1.29 is 9.59 Å². The third-order valence-corrected chi connectivity index (χ3v) is 4.73. The maximum absolute atomic E-state index is 12.8. The van der Waals surface area contributed by atoms with Crippen LogP contribution in [-0.4, -0.2) is 36.3 Å². The second-order valence-electron chi connectivity index (χ2n) is 6.64. The van der Waals surface area contributed by atoms with Gasteiger partial charge in [-0.3, -0.25) is 9.59 Å². The Morgan fingerprint density at radius 2 is 1.88 bits per heavy atom. The van der Waals surface area contributed by atoms with Crippen molar-refractivity contribution in [3.05, 3.63) is 28.3 Å². The third kappa shape index (κ3) is 3.92. The topological polar surface area (TPSA) is 40.6 Å². The van der Waals surface area contributed by atoms with Gasteiger partial charge in [0.05, 0.1) is 16.6 Å². The molecule has 0 saturated carbocycles. The van der Waals surface area contributed by atoms with Crippen LogP contribution in [0.2, 0.25) is 5.02 Å². The van der Waals surface area contributed by atoms with Crippen molar-refractivity contribution >= 4 is 29.1 Å². The van der Waals surface area contributed by atoms with E-state index in [0.29, 0.717) is 11.6 Å². The number of aryl methyl sites for hydroxylation is 2. The Hall–Kier alpha value is -1.55. The van der Waals surface area contributed by atoms with E-state index in [4.69, 9.17) is 11.6 Å². The fourth-order valence-corrected chi connectivity index (χ4v) is 3.89. The van der Waals surface area contributed by atoms with E-state index < -0.39 is 0 Å². The molecule has 0 bridgehead atoms. The summed E-state index contributed by atoms with van der Waals surface area (Å²) in [5.74, 6) is -0.196. The summed E-state index contributed by atoms with van der Waals surface area (Å²) in [4.78, 5) is 28.9. The molecular weight excluding hydrogens is 324 g/mol. The molecule has 0 N–H and O–H groups in total. The minimum atomic E-state index is -0.271. The van der Waals surface area contributed by atoms with Crippen molar-refractivity contribution in [2.24, 2.45) is 5.92 Å². The number of rotatable bonds is 6. The predicted molar refractivity (Wildman–Crippen MR) is 98.5 cm³/mol. The number of hydrogen-bond donors (Lipinski definition) is 0. The average molecular weight is 351 g/mol. The molecule has 0 aromatic heterocycles. The standard InChI is InChI=1S/C19H27ClN2O2/c1-5-7-21(8-6-2)19(24)15-11-17(23)22(12-15)18-14(4)9-13(3)10-16(18)20/h9-10,15H,5-8,11-12H2,1-4H3. The number of carbonyl (C=O) groups excluding carboxylic acids is 2. The Balaban J connectivity index is 2.21. The van der Waals surface area contributed by atoms with Crippen LogP contribution in [0.1, 0.15) is 44.2 Å². The van der Waals surface area contributed by atoms with Crippen molar-refractivity contribution in [1.29, 1.82) is 0 Å². The van der Waals surface area contributed by atoms with Crippen molar-refractivity contribution in [2.45, 2.75) is 47.0 Å². The molecule has 0 aliphatic carbocycles. The minimum absolute atomic E-state index is 0.0184. The quantitative estimate of drug-likeness (QED) is 0.779. The first kappa shape index (κ1) is 18.8. The first-order valence-corrected chi connectivity index (χ1v) is 9.12. The second kappa shape index (κ2) is 8.02. The Kier molecular flexibility index (Phi) is 6.27. The smallest absolute Gasteiger partial charge is 0.228 e. The van der Waals surface area contributed by atoms with E-state index in [-0.39, 0.29) is 24.2 Å². The van der Waals surface area contributed by atoms with Gasteiger partial charge in [0.1, 0.15) is 0 Å². The molecule has 1 fully saturated rings. The third-order valence-electron chi connectivity index (χ3n) is 4.44. The summed E-state index contributed by atoms with van der Waals surface area (Å²) >= 11 is 6.38. The fraction of sp³-hybridized carbons (Fsp3) is 0.579. The number of amides is 2. The fourth-order valence-electron chi connectivity index (χ4n) is 3.47.